The van der Waals surface area contributed by atoms with Crippen molar-refractivity contribution in [3.8, 4) is 11.5 Å². The molecule has 31 heavy (non-hydrogen) atoms. The van der Waals surface area contributed by atoms with Crippen molar-refractivity contribution in [3.63, 3.8) is 0 Å². The number of rotatable bonds is 11. The van der Waals surface area contributed by atoms with E-state index in [1.54, 1.807) is 6.92 Å². The minimum atomic E-state index is -0.983. The number of benzene rings is 1. The third-order valence-corrected chi connectivity index (χ3v) is 4.45. The van der Waals surface area contributed by atoms with E-state index in [1.807, 2.05) is 20.8 Å². The zero-order valence-corrected chi connectivity index (χ0v) is 18.3. The smallest absolute Gasteiger partial charge is 0.338 e. The molecular weight excluding hydrogens is 406 g/mol. The second-order valence-electron chi connectivity index (χ2n) is 7.02. The van der Waals surface area contributed by atoms with Crippen LogP contribution < -0.4 is 20.1 Å². The van der Waals surface area contributed by atoms with Crippen LogP contribution in [0.5, 0.6) is 11.5 Å². The summed E-state index contributed by atoms with van der Waals surface area (Å²) in [4.78, 5) is 36.1. The molecular formula is C21H29N3O7. The summed E-state index contributed by atoms with van der Waals surface area (Å²) in [6.45, 7) is 8.10. The fourth-order valence-electron chi connectivity index (χ4n) is 3.07. The first-order valence-electron chi connectivity index (χ1n) is 10.4. The van der Waals surface area contributed by atoms with Crippen LogP contribution in [0.25, 0.3) is 0 Å². The van der Waals surface area contributed by atoms with Gasteiger partial charge in [-0.1, -0.05) is 20.8 Å². The Hall–Kier alpha value is -3.30. The number of carbonyl (C=O) groups excluding carboxylic acids is 2. The van der Waals surface area contributed by atoms with Crippen LogP contribution in [-0.4, -0.2) is 36.7 Å². The maximum absolute atomic E-state index is 12.7. The highest BCUT2D eigenvalue weighted by Crippen LogP contribution is 2.41. The van der Waals surface area contributed by atoms with E-state index in [9.17, 15) is 19.7 Å². The lowest BCUT2D eigenvalue weighted by atomic mass is 9.94. The average Bonchev–Trinajstić information content (AvgIpc) is 2.73. The Morgan fingerprint density at radius 2 is 1.68 bits per heavy atom. The number of ether oxygens (including phenoxy) is 3. The van der Waals surface area contributed by atoms with Crippen molar-refractivity contribution in [2.24, 2.45) is 0 Å². The van der Waals surface area contributed by atoms with E-state index in [1.165, 1.54) is 12.1 Å². The van der Waals surface area contributed by atoms with Gasteiger partial charge in [0.15, 0.2) is 0 Å². The molecule has 0 bridgehead atoms. The predicted octanol–water partition coefficient (Wildman–Crippen LogP) is 3.75. The van der Waals surface area contributed by atoms with Crippen molar-refractivity contribution in [3.05, 3.63) is 39.1 Å². The number of hydrogen-bond donors (Lipinski definition) is 2. The van der Waals surface area contributed by atoms with Crippen molar-refractivity contribution < 1.29 is 28.7 Å². The Bertz CT molecular complexity index is 867. The summed E-state index contributed by atoms with van der Waals surface area (Å²) in [5, 5.41) is 16.9. The number of nitro benzene ring substituents is 1. The third kappa shape index (κ3) is 5.87. The van der Waals surface area contributed by atoms with Gasteiger partial charge in [-0.2, -0.15) is 0 Å². The molecule has 10 nitrogen and oxygen atoms in total. The number of hydrogen-bond acceptors (Lipinski definition) is 7. The molecule has 0 radical (unpaired) electrons. The standard InChI is InChI=1S/C21H29N3O7/c1-5-8-29-16-12-17(30-9-6-2)15(24(27)28)11-14(16)19-18(20(25)31-10-7-3)13(4)22-21(26)23-19/h11-12,19H,5-10H2,1-4H3,(H2,22,23,26). The molecule has 1 aliphatic heterocycles. The van der Waals surface area contributed by atoms with E-state index in [2.05, 4.69) is 10.6 Å². The van der Waals surface area contributed by atoms with E-state index in [4.69, 9.17) is 14.2 Å². The van der Waals surface area contributed by atoms with E-state index in [0.717, 1.165) is 0 Å². The van der Waals surface area contributed by atoms with Crippen molar-refractivity contribution in [1.82, 2.24) is 10.6 Å². The van der Waals surface area contributed by atoms with Gasteiger partial charge in [0, 0.05) is 23.4 Å². The van der Waals surface area contributed by atoms with Gasteiger partial charge in [0.25, 0.3) is 0 Å². The highest BCUT2D eigenvalue weighted by molar-refractivity contribution is 5.95. The highest BCUT2D eigenvalue weighted by atomic mass is 16.6. The molecule has 170 valence electrons. The third-order valence-electron chi connectivity index (χ3n) is 4.45. The summed E-state index contributed by atoms with van der Waals surface area (Å²) < 4.78 is 16.7. The number of nitrogens with zero attached hydrogens (tertiary/aromatic N) is 1. The summed E-state index contributed by atoms with van der Waals surface area (Å²) in [5.74, 6) is -0.260. The average molecular weight is 435 g/mol. The summed E-state index contributed by atoms with van der Waals surface area (Å²) in [5.41, 5.74) is 0.469. The summed E-state index contributed by atoms with van der Waals surface area (Å²) in [6, 6.07) is 1.21. The Labute approximate surface area is 181 Å². The summed E-state index contributed by atoms with van der Waals surface area (Å²) in [6.07, 6.45) is 1.99. The topological polar surface area (TPSA) is 129 Å². The molecule has 0 aromatic heterocycles. The Morgan fingerprint density at radius 1 is 1.06 bits per heavy atom. The van der Waals surface area contributed by atoms with E-state index in [0.29, 0.717) is 43.9 Å². The normalized spacial score (nSPS) is 15.7. The first kappa shape index (κ1) is 24.0. The zero-order valence-electron chi connectivity index (χ0n) is 18.3. The second-order valence-corrected chi connectivity index (χ2v) is 7.02. The minimum Gasteiger partial charge on any atom is -0.493 e. The number of nitrogens with one attached hydrogen (secondary N) is 2. The van der Waals surface area contributed by atoms with Crippen molar-refractivity contribution in [2.45, 2.75) is 53.0 Å². The maximum Gasteiger partial charge on any atom is 0.338 e. The van der Waals surface area contributed by atoms with Gasteiger partial charge in [0.2, 0.25) is 5.75 Å². The molecule has 0 aliphatic carbocycles. The predicted molar refractivity (Wildman–Crippen MR) is 113 cm³/mol. The molecule has 2 rings (SSSR count). The Kier molecular flexibility index (Phi) is 8.65. The largest absolute Gasteiger partial charge is 0.493 e. The molecule has 2 N–H and O–H groups in total. The van der Waals surface area contributed by atoms with E-state index < -0.39 is 23.0 Å². The summed E-state index contributed by atoms with van der Waals surface area (Å²) >= 11 is 0. The van der Waals surface area contributed by atoms with Gasteiger partial charge >= 0.3 is 17.7 Å². The molecule has 10 heteroatoms. The molecule has 1 aliphatic rings. The molecule has 2 amide bonds. The lowest BCUT2D eigenvalue weighted by Crippen LogP contribution is -2.45. The van der Waals surface area contributed by atoms with Crippen LogP contribution in [0.2, 0.25) is 0 Å². The van der Waals surface area contributed by atoms with E-state index in [-0.39, 0.29) is 29.2 Å². The molecule has 1 aromatic carbocycles. The maximum atomic E-state index is 12.7. The van der Waals surface area contributed by atoms with Gasteiger partial charge in [0.1, 0.15) is 5.75 Å². The minimum absolute atomic E-state index is 0.0674. The first-order valence-corrected chi connectivity index (χ1v) is 10.4. The van der Waals surface area contributed by atoms with Crippen LogP contribution in [0.3, 0.4) is 0 Å². The number of allylic oxidation sites excluding steroid dienone is 1. The molecule has 1 unspecified atom stereocenters. The fraction of sp³-hybridized carbons (Fsp3) is 0.524. The Balaban J connectivity index is 2.63. The quantitative estimate of drug-likeness (QED) is 0.308. The van der Waals surface area contributed by atoms with Gasteiger partial charge in [-0.15, -0.1) is 0 Å². The molecule has 1 heterocycles. The van der Waals surface area contributed by atoms with Crippen molar-refractivity contribution in [2.75, 3.05) is 19.8 Å². The molecule has 0 spiro atoms. The van der Waals surface area contributed by atoms with Gasteiger partial charge in [-0.05, 0) is 26.2 Å². The summed E-state index contributed by atoms with van der Waals surface area (Å²) in [7, 11) is 0. The van der Waals surface area contributed by atoms with Gasteiger partial charge in [-0.25, -0.2) is 9.59 Å². The number of esters is 1. The molecule has 1 aromatic rings. The number of nitro groups is 1. The number of amides is 2. The number of carbonyl (C=O) groups is 2. The van der Waals surface area contributed by atoms with Gasteiger partial charge < -0.3 is 24.8 Å². The van der Waals surface area contributed by atoms with Crippen LogP contribution in [0.15, 0.2) is 23.4 Å². The molecule has 1 atom stereocenters. The molecule has 0 saturated heterocycles. The van der Waals surface area contributed by atoms with Gasteiger partial charge in [0.05, 0.1) is 36.4 Å². The lowest BCUT2D eigenvalue weighted by molar-refractivity contribution is -0.386. The zero-order chi connectivity index (χ0) is 23.0. The van der Waals surface area contributed by atoms with Crippen molar-refractivity contribution >= 4 is 17.7 Å². The highest BCUT2D eigenvalue weighted by Gasteiger charge is 2.36. The molecule has 0 fully saturated rings. The van der Waals surface area contributed by atoms with Crippen LogP contribution in [0, 0.1) is 10.1 Å². The van der Waals surface area contributed by atoms with Crippen LogP contribution in [0.1, 0.15) is 58.6 Å². The fourth-order valence-corrected chi connectivity index (χ4v) is 3.07. The second kappa shape index (κ2) is 11.2. The molecule has 0 saturated carbocycles. The monoisotopic (exact) mass is 435 g/mol. The number of urea groups is 1. The van der Waals surface area contributed by atoms with E-state index >= 15 is 0 Å². The van der Waals surface area contributed by atoms with Crippen LogP contribution in [-0.2, 0) is 9.53 Å². The van der Waals surface area contributed by atoms with Crippen LogP contribution >= 0.6 is 0 Å². The van der Waals surface area contributed by atoms with Gasteiger partial charge in [-0.3, -0.25) is 10.1 Å². The Morgan fingerprint density at radius 3 is 2.26 bits per heavy atom. The van der Waals surface area contributed by atoms with Crippen molar-refractivity contribution in [1.29, 1.82) is 0 Å². The first-order chi connectivity index (χ1) is 14.8. The lowest BCUT2D eigenvalue weighted by Gasteiger charge is -2.29. The SMILES string of the molecule is CCCOC(=O)C1=C(C)NC(=O)NC1c1cc([N+](=O)[O-])c(OCCC)cc1OCCC. The van der Waals surface area contributed by atoms with Crippen LogP contribution in [0.4, 0.5) is 10.5 Å².